The molecule has 0 amide bonds. The fourth-order valence-electron chi connectivity index (χ4n) is 1.94. The first-order valence-corrected chi connectivity index (χ1v) is 5.66. The van der Waals surface area contributed by atoms with Crippen LogP contribution in [0.5, 0.6) is 0 Å². The fraction of sp³-hybridized carbons (Fsp3) is 0.133. The van der Waals surface area contributed by atoms with E-state index >= 15 is 0 Å². The van der Waals surface area contributed by atoms with E-state index in [0.29, 0.717) is 5.56 Å². The Morgan fingerprint density at radius 2 is 1.94 bits per heavy atom. The van der Waals surface area contributed by atoms with E-state index in [1.807, 2.05) is 43.3 Å². The van der Waals surface area contributed by atoms with E-state index in [-0.39, 0.29) is 5.97 Å². The molecule has 0 unspecified atom stereocenters. The van der Waals surface area contributed by atoms with Gasteiger partial charge in [0.15, 0.2) is 0 Å². The Labute approximate surface area is 106 Å². The number of methoxy groups -OCH3 is 1. The first kappa shape index (κ1) is 12.2. The predicted molar refractivity (Wildman–Crippen MR) is 72.4 cm³/mol. The van der Waals surface area contributed by atoms with Gasteiger partial charge >= 0.3 is 5.97 Å². The number of ether oxygens (including phenoxy) is 1. The molecule has 2 aromatic rings. The first-order chi connectivity index (χ1) is 8.61. The molecule has 0 saturated heterocycles. The van der Waals surface area contributed by atoms with Gasteiger partial charge in [-0.3, -0.25) is 0 Å². The minimum atomic E-state index is -0.329. The molecule has 3 heteroatoms. The summed E-state index contributed by atoms with van der Waals surface area (Å²) in [5.74, 6) is -0.329. The Bertz CT molecular complexity index is 591. The Kier molecular flexibility index (Phi) is 3.33. The molecular weight excluding hydrogens is 226 g/mol. The Hall–Kier alpha value is -2.29. The van der Waals surface area contributed by atoms with Gasteiger partial charge in [-0.1, -0.05) is 18.2 Å². The zero-order valence-electron chi connectivity index (χ0n) is 10.4. The third kappa shape index (κ3) is 2.35. The SMILES string of the molecule is COC(=O)c1cccc(-c2ccc(N)cc2C)c1. The van der Waals surface area contributed by atoms with Gasteiger partial charge in [-0.15, -0.1) is 0 Å². The van der Waals surface area contributed by atoms with Crippen molar-refractivity contribution in [1.29, 1.82) is 0 Å². The maximum atomic E-state index is 11.5. The molecule has 0 aliphatic heterocycles. The summed E-state index contributed by atoms with van der Waals surface area (Å²) in [6.45, 7) is 2.00. The molecule has 0 aromatic heterocycles. The molecule has 3 nitrogen and oxygen atoms in total. The van der Waals surface area contributed by atoms with Crippen LogP contribution in [0.15, 0.2) is 42.5 Å². The quantitative estimate of drug-likeness (QED) is 0.649. The molecule has 0 bridgehead atoms. The van der Waals surface area contributed by atoms with Crippen molar-refractivity contribution >= 4 is 11.7 Å². The van der Waals surface area contributed by atoms with Crippen LogP contribution in [-0.4, -0.2) is 13.1 Å². The van der Waals surface area contributed by atoms with Gasteiger partial charge in [-0.25, -0.2) is 4.79 Å². The van der Waals surface area contributed by atoms with E-state index in [1.165, 1.54) is 7.11 Å². The minimum Gasteiger partial charge on any atom is -0.465 e. The van der Waals surface area contributed by atoms with Gasteiger partial charge in [0.05, 0.1) is 12.7 Å². The van der Waals surface area contributed by atoms with E-state index in [1.54, 1.807) is 6.07 Å². The lowest BCUT2D eigenvalue weighted by atomic mass is 9.98. The number of esters is 1. The number of rotatable bonds is 2. The molecular formula is C15H15NO2. The summed E-state index contributed by atoms with van der Waals surface area (Å²) in [4.78, 5) is 11.5. The van der Waals surface area contributed by atoms with Crippen molar-refractivity contribution in [2.75, 3.05) is 12.8 Å². The molecule has 0 atom stereocenters. The first-order valence-electron chi connectivity index (χ1n) is 5.66. The van der Waals surface area contributed by atoms with E-state index in [2.05, 4.69) is 0 Å². The summed E-state index contributed by atoms with van der Waals surface area (Å²) in [5.41, 5.74) is 10.1. The summed E-state index contributed by atoms with van der Waals surface area (Å²) in [6.07, 6.45) is 0. The lowest BCUT2D eigenvalue weighted by Crippen LogP contribution is -2.01. The average Bonchev–Trinajstić information content (AvgIpc) is 2.38. The van der Waals surface area contributed by atoms with Crippen LogP contribution in [0.25, 0.3) is 11.1 Å². The van der Waals surface area contributed by atoms with Crippen molar-refractivity contribution in [3.05, 3.63) is 53.6 Å². The number of carbonyl (C=O) groups excluding carboxylic acids is 1. The summed E-state index contributed by atoms with van der Waals surface area (Å²) < 4.78 is 4.72. The highest BCUT2D eigenvalue weighted by Crippen LogP contribution is 2.25. The molecule has 92 valence electrons. The van der Waals surface area contributed by atoms with Gasteiger partial charge in [0.2, 0.25) is 0 Å². The number of aryl methyl sites for hydroxylation is 1. The highest BCUT2D eigenvalue weighted by Gasteiger charge is 2.08. The second kappa shape index (κ2) is 4.92. The number of nitrogens with two attached hydrogens (primary N) is 1. The van der Waals surface area contributed by atoms with Crippen LogP contribution in [0.1, 0.15) is 15.9 Å². The smallest absolute Gasteiger partial charge is 0.337 e. The normalized spacial score (nSPS) is 10.1. The zero-order valence-corrected chi connectivity index (χ0v) is 10.4. The van der Waals surface area contributed by atoms with Gasteiger partial charge in [-0.2, -0.15) is 0 Å². The van der Waals surface area contributed by atoms with Crippen molar-refractivity contribution in [2.24, 2.45) is 0 Å². The van der Waals surface area contributed by atoms with Crippen LogP contribution in [0.3, 0.4) is 0 Å². The number of hydrogen-bond donors (Lipinski definition) is 1. The molecule has 2 rings (SSSR count). The molecule has 0 spiro atoms. The molecule has 0 heterocycles. The number of carbonyl (C=O) groups is 1. The molecule has 0 fully saturated rings. The summed E-state index contributed by atoms with van der Waals surface area (Å²) in [5, 5.41) is 0. The monoisotopic (exact) mass is 241 g/mol. The lowest BCUT2D eigenvalue weighted by Gasteiger charge is -2.08. The highest BCUT2D eigenvalue weighted by molar-refractivity contribution is 5.91. The number of benzene rings is 2. The van der Waals surface area contributed by atoms with Gasteiger partial charge in [0, 0.05) is 5.69 Å². The van der Waals surface area contributed by atoms with E-state index in [9.17, 15) is 4.79 Å². The van der Waals surface area contributed by atoms with Crippen LogP contribution in [0.4, 0.5) is 5.69 Å². The van der Waals surface area contributed by atoms with Crippen molar-refractivity contribution in [3.8, 4) is 11.1 Å². The molecule has 0 aliphatic carbocycles. The Morgan fingerprint density at radius 1 is 1.17 bits per heavy atom. The Balaban J connectivity index is 2.48. The fourth-order valence-corrected chi connectivity index (χ4v) is 1.94. The van der Waals surface area contributed by atoms with Crippen molar-refractivity contribution in [3.63, 3.8) is 0 Å². The third-order valence-electron chi connectivity index (χ3n) is 2.85. The number of hydrogen-bond acceptors (Lipinski definition) is 3. The van der Waals surface area contributed by atoms with Gasteiger partial charge in [-0.05, 0) is 47.9 Å². The van der Waals surface area contributed by atoms with Crippen LogP contribution in [0, 0.1) is 6.92 Å². The van der Waals surface area contributed by atoms with Gasteiger partial charge < -0.3 is 10.5 Å². The van der Waals surface area contributed by atoms with Gasteiger partial charge in [0.1, 0.15) is 0 Å². The maximum absolute atomic E-state index is 11.5. The molecule has 0 saturated carbocycles. The molecule has 2 aromatic carbocycles. The second-order valence-electron chi connectivity index (χ2n) is 4.15. The third-order valence-corrected chi connectivity index (χ3v) is 2.85. The number of nitrogen functional groups attached to an aromatic ring is 1. The van der Waals surface area contributed by atoms with Crippen molar-refractivity contribution in [2.45, 2.75) is 6.92 Å². The summed E-state index contributed by atoms with van der Waals surface area (Å²) >= 11 is 0. The van der Waals surface area contributed by atoms with E-state index in [0.717, 1.165) is 22.4 Å². The predicted octanol–water partition coefficient (Wildman–Crippen LogP) is 3.03. The average molecular weight is 241 g/mol. The topological polar surface area (TPSA) is 52.3 Å². The lowest BCUT2D eigenvalue weighted by molar-refractivity contribution is 0.0601. The minimum absolute atomic E-state index is 0.329. The molecule has 18 heavy (non-hydrogen) atoms. The zero-order chi connectivity index (χ0) is 13.1. The van der Waals surface area contributed by atoms with Crippen molar-refractivity contribution in [1.82, 2.24) is 0 Å². The van der Waals surface area contributed by atoms with Crippen LogP contribution in [-0.2, 0) is 4.74 Å². The standard InChI is InChI=1S/C15H15NO2/c1-10-8-13(16)6-7-14(10)11-4-3-5-12(9-11)15(17)18-2/h3-9H,16H2,1-2H3. The van der Waals surface area contributed by atoms with E-state index < -0.39 is 0 Å². The summed E-state index contributed by atoms with van der Waals surface area (Å²) in [7, 11) is 1.38. The highest BCUT2D eigenvalue weighted by atomic mass is 16.5. The molecule has 2 N–H and O–H groups in total. The molecule has 0 radical (unpaired) electrons. The van der Waals surface area contributed by atoms with Crippen LogP contribution < -0.4 is 5.73 Å². The summed E-state index contributed by atoms with van der Waals surface area (Å²) in [6, 6.07) is 13.1. The van der Waals surface area contributed by atoms with Crippen LogP contribution >= 0.6 is 0 Å². The maximum Gasteiger partial charge on any atom is 0.337 e. The second-order valence-corrected chi connectivity index (χ2v) is 4.15. The van der Waals surface area contributed by atoms with Crippen LogP contribution in [0.2, 0.25) is 0 Å². The number of anilines is 1. The van der Waals surface area contributed by atoms with E-state index in [4.69, 9.17) is 10.5 Å². The van der Waals surface area contributed by atoms with Crippen molar-refractivity contribution < 1.29 is 9.53 Å². The molecule has 0 aliphatic rings. The van der Waals surface area contributed by atoms with Gasteiger partial charge in [0.25, 0.3) is 0 Å². The Morgan fingerprint density at radius 3 is 2.61 bits per heavy atom. The largest absolute Gasteiger partial charge is 0.465 e.